The van der Waals surface area contributed by atoms with E-state index in [0.29, 0.717) is 0 Å². The fourth-order valence-corrected chi connectivity index (χ4v) is 2.96. The van der Waals surface area contributed by atoms with Gasteiger partial charge < -0.3 is 10.1 Å². The summed E-state index contributed by atoms with van der Waals surface area (Å²) in [6, 6.07) is 5.47. The lowest BCUT2D eigenvalue weighted by Gasteiger charge is -2.35. The molecule has 3 nitrogen and oxygen atoms in total. The molecular formula is C16H25Cl2F3N2O. The molecule has 1 atom stereocenters. The zero-order valence-corrected chi connectivity index (χ0v) is 15.5. The molecule has 24 heavy (non-hydrogen) atoms. The highest BCUT2D eigenvalue weighted by Gasteiger charge is 2.31. The van der Waals surface area contributed by atoms with E-state index in [1.54, 1.807) is 7.11 Å². The summed E-state index contributed by atoms with van der Waals surface area (Å²) in [5.74, 6) is 0.763. The molecule has 140 valence electrons. The van der Waals surface area contributed by atoms with E-state index < -0.39 is 12.6 Å². The van der Waals surface area contributed by atoms with E-state index in [1.165, 1.54) is 0 Å². The standard InChI is InChI=1S/C16H23F3N2O.2ClH/c1-12-11-13(3-4-15(12)22-2)14(5-6-16(17,18)19)21-9-7-20-8-10-21;;/h3-4,11,14,20H,5-10H2,1-2H3;2*1H/t14-;;/m1../s1. The molecule has 0 spiro atoms. The van der Waals surface area contributed by atoms with Crippen LogP contribution in [0.25, 0.3) is 0 Å². The molecule has 0 aliphatic carbocycles. The maximum absolute atomic E-state index is 12.6. The van der Waals surface area contributed by atoms with Crippen LogP contribution in [0.1, 0.15) is 30.0 Å². The number of nitrogens with one attached hydrogen (secondary N) is 1. The van der Waals surface area contributed by atoms with E-state index in [9.17, 15) is 13.2 Å². The number of rotatable bonds is 5. The lowest BCUT2D eigenvalue weighted by molar-refractivity contribution is -0.138. The molecular weight excluding hydrogens is 364 g/mol. The third kappa shape index (κ3) is 6.67. The van der Waals surface area contributed by atoms with Crippen LogP contribution in [0.5, 0.6) is 5.75 Å². The summed E-state index contributed by atoms with van der Waals surface area (Å²) < 4.78 is 43.2. The molecule has 1 heterocycles. The third-order valence-electron chi connectivity index (χ3n) is 4.10. The lowest BCUT2D eigenvalue weighted by atomic mass is 9.97. The highest BCUT2D eigenvalue weighted by molar-refractivity contribution is 5.85. The Bertz CT molecular complexity index is 495. The van der Waals surface area contributed by atoms with Gasteiger partial charge in [0.15, 0.2) is 0 Å². The summed E-state index contributed by atoms with van der Waals surface area (Å²) in [4.78, 5) is 2.14. The Morgan fingerprint density at radius 3 is 2.33 bits per heavy atom. The first kappa shape index (κ1) is 23.3. The first-order valence-corrected chi connectivity index (χ1v) is 7.57. The van der Waals surface area contributed by atoms with Crippen molar-refractivity contribution in [3.63, 3.8) is 0 Å². The second-order valence-corrected chi connectivity index (χ2v) is 5.68. The average molecular weight is 389 g/mol. The second kappa shape index (κ2) is 10.3. The molecule has 0 saturated carbocycles. The monoisotopic (exact) mass is 388 g/mol. The summed E-state index contributed by atoms with van der Waals surface area (Å²) in [6.07, 6.45) is -4.78. The minimum absolute atomic E-state index is 0. The van der Waals surface area contributed by atoms with Crippen molar-refractivity contribution in [1.82, 2.24) is 10.2 Å². The Hall–Kier alpha value is -0.690. The smallest absolute Gasteiger partial charge is 0.389 e. The highest BCUT2D eigenvalue weighted by Crippen LogP contribution is 2.33. The van der Waals surface area contributed by atoms with Gasteiger partial charge in [-0.15, -0.1) is 24.8 Å². The van der Waals surface area contributed by atoms with Gasteiger partial charge in [0, 0.05) is 38.6 Å². The molecule has 0 bridgehead atoms. The molecule has 0 unspecified atom stereocenters. The number of hydrogen-bond acceptors (Lipinski definition) is 3. The van der Waals surface area contributed by atoms with E-state index in [4.69, 9.17) is 4.74 Å². The maximum atomic E-state index is 12.6. The van der Waals surface area contributed by atoms with Gasteiger partial charge in [-0.3, -0.25) is 4.90 Å². The fraction of sp³-hybridized carbons (Fsp3) is 0.625. The Labute approximate surface area is 153 Å². The number of alkyl halides is 3. The van der Waals surface area contributed by atoms with Gasteiger partial charge in [-0.05, 0) is 30.5 Å². The number of aryl methyl sites for hydroxylation is 1. The number of benzene rings is 1. The van der Waals surface area contributed by atoms with Gasteiger partial charge in [-0.25, -0.2) is 0 Å². The normalized spacial score (nSPS) is 16.7. The predicted molar refractivity (Wildman–Crippen MR) is 94.7 cm³/mol. The Balaban J connectivity index is 0.00000264. The average Bonchev–Trinajstić information content (AvgIpc) is 2.47. The van der Waals surface area contributed by atoms with Crippen LogP contribution in [0.4, 0.5) is 13.2 Å². The van der Waals surface area contributed by atoms with Crippen molar-refractivity contribution < 1.29 is 17.9 Å². The van der Waals surface area contributed by atoms with E-state index in [1.807, 2.05) is 25.1 Å². The first-order valence-electron chi connectivity index (χ1n) is 7.57. The van der Waals surface area contributed by atoms with Crippen LogP contribution in [-0.4, -0.2) is 44.4 Å². The summed E-state index contributed by atoms with van der Waals surface area (Å²) in [5, 5.41) is 3.24. The van der Waals surface area contributed by atoms with Crippen molar-refractivity contribution >= 4 is 24.8 Å². The Morgan fingerprint density at radius 2 is 1.83 bits per heavy atom. The third-order valence-corrected chi connectivity index (χ3v) is 4.10. The quantitative estimate of drug-likeness (QED) is 0.820. The van der Waals surface area contributed by atoms with Gasteiger partial charge in [0.1, 0.15) is 5.75 Å². The predicted octanol–water partition coefficient (Wildman–Crippen LogP) is 4.14. The first-order chi connectivity index (χ1) is 10.4. The second-order valence-electron chi connectivity index (χ2n) is 5.68. The zero-order valence-electron chi connectivity index (χ0n) is 13.9. The molecule has 8 heteroatoms. The molecule has 0 radical (unpaired) electrons. The van der Waals surface area contributed by atoms with Gasteiger partial charge in [-0.2, -0.15) is 13.2 Å². The van der Waals surface area contributed by atoms with Crippen LogP contribution in [0.15, 0.2) is 18.2 Å². The van der Waals surface area contributed by atoms with Crippen molar-refractivity contribution in [3.8, 4) is 5.75 Å². The number of halogens is 5. The molecule has 1 aromatic carbocycles. The molecule has 1 aliphatic rings. The number of piperazine rings is 1. The number of ether oxygens (including phenoxy) is 1. The van der Waals surface area contributed by atoms with Crippen LogP contribution in [0.2, 0.25) is 0 Å². The summed E-state index contributed by atoms with van der Waals surface area (Å²) in [6.45, 7) is 5.09. The molecule has 0 amide bonds. The van der Waals surface area contributed by atoms with Gasteiger partial charge in [0.25, 0.3) is 0 Å². The van der Waals surface area contributed by atoms with Crippen LogP contribution in [-0.2, 0) is 0 Å². The van der Waals surface area contributed by atoms with Gasteiger partial charge in [-0.1, -0.05) is 12.1 Å². The van der Waals surface area contributed by atoms with E-state index in [0.717, 1.165) is 43.1 Å². The summed E-state index contributed by atoms with van der Waals surface area (Å²) in [5.41, 5.74) is 1.89. The van der Waals surface area contributed by atoms with Crippen LogP contribution >= 0.6 is 24.8 Å². The molecule has 1 aliphatic heterocycles. The van der Waals surface area contributed by atoms with Crippen molar-refractivity contribution in [2.45, 2.75) is 32.0 Å². The molecule has 1 aromatic rings. The number of hydrogen-bond donors (Lipinski definition) is 1. The fourth-order valence-electron chi connectivity index (χ4n) is 2.96. The van der Waals surface area contributed by atoms with Gasteiger partial charge >= 0.3 is 6.18 Å². The van der Waals surface area contributed by atoms with Crippen LogP contribution < -0.4 is 10.1 Å². The Kier molecular flexibility index (Phi) is 10.0. The minimum atomic E-state index is -4.12. The molecule has 1 fully saturated rings. The summed E-state index contributed by atoms with van der Waals surface area (Å²) >= 11 is 0. The van der Waals surface area contributed by atoms with Gasteiger partial charge in [0.05, 0.1) is 7.11 Å². The summed E-state index contributed by atoms with van der Waals surface area (Å²) in [7, 11) is 1.60. The van der Waals surface area contributed by atoms with Crippen molar-refractivity contribution in [1.29, 1.82) is 0 Å². The van der Waals surface area contributed by atoms with Crippen molar-refractivity contribution in [2.75, 3.05) is 33.3 Å². The van der Waals surface area contributed by atoms with Crippen LogP contribution in [0.3, 0.4) is 0 Å². The van der Waals surface area contributed by atoms with Gasteiger partial charge in [0.2, 0.25) is 0 Å². The molecule has 0 aromatic heterocycles. The maximum Gasteiger partial charge on any atom is 0.389 e. The van der Waals surface area contributed by atoms with Crippen molar-refractivity contribution in [3.05, 3.63) is 29.3 Å². The van der Waals surface area contributed by atoms with E-state index in [-0.39, 0.29) is 37.3 Å². The number of nitrogens with zero attached hydrogens (tertiary/aromatic N) is 1. The molecule has 1 saturated heterocycles. The van der Waals surface area contributed by atoms with Crippen molar-refractivity contribution in [2.24, 2.45) is 0 Å². The largest absolute Gasteiger partial charge is 0.496 e. The zero-order chi connectivity index (χ0) is 16.2. The van der Waals surface area contributed by atoms with Crippen LogP contribution in [0, 0.1) is 6.92 Å². The lowest BCUT2D eigenvalue weighted by Crippen LogP contribution is -2.45. The Morgan fingerprint density at radius 1 is 1.21 bits per heavy atom. The van der Waals surface area contributed by atoms with E-state index >= 15 is 0 Å². The molecule has 1 N–H and O–H groups in total. The topological polar surface area (TPSA) is 24.5 Å². The SMILES string of the molecule is COc1ccc([C@@H](CCC(F)(F)F)N2CCNCC2)cc1C.Cl.Cl. The molecule has 2 rings (SSSR count). The number of methoxy groups -OCH3 is 1. The minimum Gasteiger partial charge on any atom is -0.496 e. The van der Waals surface area contributed by atoms with E-state index in [2.05, 4.69) is 10.2 Å². The highest BCUT2D eigenvalue weighted by atomic mass is 35.5.